The number of amides is 2. The zero-order chi connectivity index (χ0) is 17.8. The molecule has 0 spiro atoms. The van der Waals surface area contributed by atoms with Gasteiger partial charge in [-0.3, -0.25) is 14.3 Å². The summed E-state index contributed by atoms with van der Waals surface area (Å²) in [4.78, 5) is 26.4. The third-order valence-corrected chi connectivity index (χ3v) is 4.61. The maximum Gasteiger partial charge on any atom is 0.255 e. The molecule has 1 fully saturated rings. The van der Waals surface area contributed by atoms with Crippen LogP contribution in [0.25, 0.3) is 0 Å². The first kappa shape index (κ1) is 19.8. The van der Waals surface area contributed by atoms with Crippen molar-refractivity contribution in [1.82, 2.24) is 20.0 Å². The van der Waals surface area contributed by atoms with Crippen LogP contribution in [0.5, 0.6) is 0 Å². The number of nitrogen functional groups attached to an aromatic ring is 1. The number of anilines is 1. The molecule has 1 aliphatic heterocycles. The first-order valence-corrected chi connectivity index (χ1v) is 8.45. The number of nitrogens with zero attached hydrogens (tertiary/aromatic N) is 3. The van der Waals surface area contributed by atoms with Gasteiger partial charge < -0.3 is 16.0 Å². The molecule has 0 bridgehead atoms. The lowest BCUT2D eigenvalue weighted by Gasteiger charge is -2.32. The number of rotatable bonds is 4. The molecule has 8 heteroatoms. The number of carbonyl (C=O) groups excluding carboxylic acids is 2. The number of benzene rings is 1. The maximum atomic E-state index is 12.5. The number of nitrogens with two attached hydrogens (primary N) is 1. The van der Waals surface area contributed by atoms with Crippen molar-refractivity contribution in [2.75, 3.05) is 25.4 Å². The van der Waals surface area contributed by atoms with Gasteiger partial charge in [0.1, 0.15) is 0 Å². The molecule has 1 aliphatic rings. The highest BCUT2D eigenvalue weighted by molar-refractivity contribution is 5.99. The number of aromatic nitrogens is 2. The summed E-state index contributed by atoms with van der Waals surface area (Å²) in [6.45, 7) is 1.98. The number of piperidine rings is 1. The summed E-state index contributed by atoms with van der Waals surface area (Å²) >= 11 is 0. The van der Waals surface area contributed by atoms with E-state index in [2.05, 4.69) is 10.4 Å². The monoisotopic (exact) mass is 377 g/mol. The molecule has 3 rings (SSSR count). The molecule has 140 valence electrons. The summed E-state index contributed by atoms with van der Waals surface area (Å²) in [5.41, 5.74) is 7.53. The summed E-state index contributed by atoms with van der Waals surface area (Å²) in [5, 5.41) is 6.95. The van der Waals surface area contributed by atoms with E-state index in [1.807, 2.05) is 17.0 Å². The highest BCUT2D eigenvalue weighted by Gasteiger charge is 2.25. The van der Waals surface area contributed by atoms with E-state index in [1.165, 1.54) is 0 Å². The van der Waals surface area contributed by atoms with Crippen molar-refractivity contribution < 1.29 is 9.59 Å². The minimum absolute atomic E-state index is 0. The average molecular weight is 378 g/mol. The fraction of sp³-hybridized carbons (Fsp3) is 0.389. The highest BCUT2D eigenvalue weighted by Crippen LogP contribution is 2.20. The van der Waals surface area contributed by atoms with E-state index in [9.17, 15) is 9.59 Å². The third-order valence-electron chi connectivity index (χ3n) is 4.61. The van der Waals surface area contributed by atoms with Crippen LogP contribution in [0.15, 0.2) is 36.7 Å². The Balaban J connectivity index is 0.00000243. The van der Waals surface area contributed by atoms with Crippen LogP contribution in [-0.4, -0.2) is 46.1 Å². The number of halogens is 1. The number of hydrogen-bond acceptors (Lipinski definition) is 4. The van der Waals surface area contributed by atoms with E-state index >= 15 is 0 Å². The fourth-order valence-corrected chi connectivity index (χ4v) is 3.08. The summed E-state index contributed by atoms with van der Waals surface area (Å²) in [6, 6.07) is 7.15. The van der Waals surface area contributed by atoms with Crippen LogP contribution >= 0.6 is 12.4 Å². The quantitative estimate of drug-likeness (QED) is 0.793. The van der Waals surface area contributed by atoms with Gasteiger partial charge in [-0.25, -0.2) is 0 Å². The van der Waals surface area contributed by atoms with Gasteiger partial charge in [0, 0.05) is 38.6 Å². The highest BCUT2D eigenvalue weighted by atomic mass is 35.5. The molecular weight excluding hydrogens is 354 g/mol. The number of para-hydroxylation sites is 1. The standard InChI is InChI=1S/C18H23N5O2.ClH/c1-22-12-14(11-21-22)17(24)20-10-13-6-8-23(9-7-13)18(25)15-4-2-3-5-16(15)19;/h2-5,11-13H,6-10,19H2,1H3,(H,20,24);1H. The van der Waals surface area contributed by atoms with Crippen molar-refractivity contribution >= 4 is 29.9 Å². The van der Waals surface area contributed by atoms with Gasteiger partial charge in [0.15, 0.2) is 0 Å². The molecule has 7 nitrogen and oxygen atoms in total. The molecular formula is C18H24ClN5O2. The predicted octanol–water partition coefficient (Wildman–Crippen LogP) is 1.71. The summed E-state index contributed by atoms with van der Waals surface area (Å²) in [5.74, 6) is 0.248. The number of aryl methyl sites for hydroxylation is 1. The van der Waals surface area contributed by atoms with Crippen molar-refractivity contribution in [3.63, 3.8) is 0 Å². The Morgan fingerprint density at radius 2 is 1.96 bits per heavy atom. The second kappa shape index (κ2) is 8.71. The fourth-order valence-electron chi connectivity index (χ4n) is 3.08. The van der Waals surface area contributed by atoms with Crippen molar-refractivity contribution in [2.24, 2.45) is 13.0 Å². The Kier molecular flexibility index (Phi) is 6.63. The van der Waals surface area contributed by atoms with E-state index < -0.39 is 0 Å². The van der Waals surface area contributed by atoms with Gasteiger partial charge in [0.05, 0.1) is 17.3 Å². The van der Waals surface area contributed by atoms with Crippen molar-refractivity contribution in [3.05, 3.63) is 47.8 Å². The smallest absolute Gasteiger partial charge is 0.255 e. The average Bonchev–Trinajstić information content (AvgIpc) is 3.06. The van der Waals surface area contributed by atoms with Gasteiger partial charge in [0.25, 0.3) is 11.8 Å². The number of likely N-dealkylation sites (tertiary alicyclic amines) is 1. The van der Waals surface area contributed by atoms with Crippen LogP contribution in [0.4, 0.5) is 5.69 Å². The second-order valence-corrected chi connectivity index (χ2v) is 6.44. The zero-order valence-corrected chi connectivity index (χ0v) is 15.5. The maximum absolute atomic E-state index is 12.5. The van der Waals surface area contributed by atoms with Crippen LogP contribution in [-0.2, 0) is 7.05 Å². The Morgan fingerprint density at radius 1 is 1.27 bits per heavy atom. The summed E-state index contributed by atoms with van der Waals surface area (Å²) in [6.07, 6.45) is 4.99. The first-order chi connectivity index (χ1) is 12.0. The molecule has 0 atom stereocenters. The number of nitrogens with one attached hydrogen (secondary N) is 1. The molecule has 1 aromatic heterocycles. The molecule has 0 unspecified atom stereocenters. The third kappa shape index (κ3) is 4.54. The van der Waals surface area contributed by atoms with Gasteiger partial charge in [-0.2, -0.15) is 5.10 Å². The largest absolute Gasteiger partial charge is 0.398 e. The normalized spacial score (nSPS) is 14.6. The van der Waals surface area contributed by atoms with E-state index in [1.54, 1.807) is 36.3 Å². The van der Waals surface area contributed by atoms with E-state index in [0.29, 0.717) is 42.4 Å². The van der Waals surface area contributed by atoms with Crippen LogP contribution in [0.2, 0.25) is 0 Å². The number of hydrogen-bond donors (Lipinski definition) is 2. The minimum Gasteiger partial charge on any atom is -0.398 e. The predicted molar refractivity (Wildman–Crippen MR) is 102 cm³/mol. The molecule has 1 saturated heterocycles. The molecule has 2 aromatic rings. The van der Waals surface area contributed by atoms with Crippen molar-refractivity contribution in [3.8, 4) is 0 Å². The van der Waals surface area contributed by atoms with E-state index in [-0.39, 0.29) is 24.2 Å². The van der Waals surface area contributed by atoms with Gasteiger partial charge in [0.2, 0.25) is 0 Å². The summed E-state index contributed by atoms with van der Waals surface area (Å²) in [7, 11) is 1.78. The SMILES string of the molecule is Cl.Cn1cc(C(=O)NCC2CCN(C(=O)c3ccccc3N)CC2)cn1. The lowest BCUT2D eigenvalue weighted by Crippen LogP contribution is -2.41. The molecule has 2 heterocycles. The van der Waals surface area contributed by atoms with Crippen LogP contribution in [0.3, 0.4) is 0 Å². The molecule has 26 heavy (non-hydrogen) atoms. The minimum atomic E-state index is -0.108. The van der Waals surface area contributed by atoms with Crippen LogP contribution < -0.4 is 11.1 Å². The Bertz CT molecular complexity index is 768. The van der Waals surface area contributed by atoms with Gasteiger partial charge in [-0.1, -0.05) is 12.1 Å². The molecule has 0 aliphatic carbocycles. The van der Waals surface area contributed by atoms with Gasteiger partial charge in [-0.05, 0) is 30.9 Å². The Labute approximate surface area is 159 Å². The van der Waals surface area contributed by atoms with E-state index in [4.69, 9.17) is 5.73 Å². The topological polar surface area (TPSA) is 93.2 Å². The summed E-state index contributed by atoms with van der Waals surface area (Å²) < 4.78 is 1.61. The van der Waals surface area contributed by atoms with Crippen LogP contribution in [0.1, 0.15) is 33.6 Å². The van der Waals surface area contributed by atoms with E-state index in [0.717, 1.165) is 12.8 Å². The van der Waals surface area contributed by atoms with Gasteiger partial charge in [-0.15, -0.1) is 12.4 Å². The zero-order valence-electron chi connectivity index (χ0n) is 14.7. The lowest BCUT2D eigenvalue weighted by molar-refractivity contribution is 0.0685. The second-order valence-electron chi connectivity index (χ2n) is 6.44. The van der Waals surface area contributed by atoms with Gasteiger partial charge >= 0.3 is 0 Å². The molecule has 0 radical (unpaired) electrons. The van der Waals surface area contributed by atoms with Crippen molar-refractivity contribution in [1.29, 1.82) is 0 Å². The Hall–Kier alpha value is -2.54. The molecule has 3 N–H and O–H groups in total. The number of carbonyl (C=O) groups is 2. The lowest BCUT2D eigenvalue weighted by atomic mass is 9.96. The Morgan fingerprint density at radius 3 is 2.58 bits per heavy atom. The molecule has 2 amide bonds. The molecule has 1 aromatic carbocycles. The van der Waals surface area contributed by atoms with Crippen LogP contribution in [0, 0.1) is 5.92 Å². The molecule has 0 saturated carbocycles. The first-order valence-electron chi connectivity index (χ1n) is 8.45. The van der Waals surface area contributed by atoms with Crippen molar-refractivity contribution in [2.45, 2.75) is 12.8 Å².